The van der Waals surface area contributed by atoms with Crippen molar-refractivity contribution in [1.29, 1.82) is 0 Å². The highest BCUT2D eigenvalue weighted by Gasteiger charge is 2.23. The molecule has 0 saturated heterocycles. The van der Waals surface area contributed by atoms with Crippen LogP contribution in [0.2, 0.25) is 0 Å². The number of carbonyl (C=O) groups excluding carboxylic acids is 1. The van der Waals surface area contributed by atoms with E-state index in [0.717, 1.165) is 0 Å². The lowest BCUT2D eigenvalue weighted by atomic mass is 10.1. The normalized spacial score (nSPS) is 13.9. The minimum absolute atomic E-state index is 0.177. The number of amides is 1. The van der Waals surface area contributed by atoms with E-state index in [-0.39, 0.29) is 18.2 Å². The van der Waals surface area contributed by atoms with Crippen molar-refractivity contribution >= 4 is 11.9 Å². The van der Waals surface area contributed by atoms with Crippen molar-refractivity contribution in [2.45, 2.75) is 25.8 Å². The number of nitrogens with zero attached hydrogens (tertiary/aromatic N) is 1. The number of aliphatic carboxylic acids is 1. The van der Waals surface area contributed by atoms with Gasteiger partial charge in [0.15, 0.2) is 0 Å². The molecule has 1 aromatic rings. The Morgan fingerprint density at radius 2 is 2.33 bits per heavy atom. The van der Waals surface area contributed by atoms with E-state index in [4.69, 9.17) is 10.8 Å². The van der Waals surface area contributed by atoms with Crippen LogP contribution in [0, 0.1) is 5.92 Å². The zero-order chi connectivity index (χ0) is 13.5. The molecule has 0 radical (unpaired) electrons. The standard InChI is InChI=1S/C11H18N4O3/c1-7(2-3-12)10(16)15-9(11(17)18)4-8-5-13-6-14-8/h5-7,9H,2-4,12H2,1H3,(H,13,14)(H,15,16)(H,17,18). The van der Waals surface area contributed by atoms with E-state index >= 15 is 0 Å². The summed E-state index contributed by atoms with van der Waals surface area (Å²) in [5.74, 6) is -1.66. The molecule has 0 aliphatic carbocycles. The van der Waals surface area contributed by atoms with E-state index in [1.54, 1.807) is 6.92 Å². The van der Waals surface area contributed by atoms with Gasteiger partial charge in [-0.2, -0.15) is 0 Å². The molecule has 5 N–H and O–H groups in total. The Labute approximate surface area is 105 Å². The number of carbonyl (C=O) groups is 2. The molecule has 7 nitrogen and oxygen atoms in total. The maximum absolute atomic E-state index is 11.7. The van der Waals surface area contributed by atoms with E-state index in [9.17, 15) is 9.59 Å². The van der Waals surface area contributed by atoms with E-state index in [1.807, 2.05) is 0 Å². The van der Waals surface area contributed by atoms with Crippen molar-refractivity contribution in [3.05, 3.63) is 18.2 Å². The summed E-state index contributed by atoms with van der Waals surface area (Å²) < 4.78 is 0. The van der Waals surface area contributed by atoms with Crippen LogP contribution in [0.3, 0.4) is 0 Å². The maximum atomic E-state index is 11.7. The van der Waals surface area contributed by atoms with Crippen LogP contribution in [0.5, 0.6) is 0 Å². The molecule has 1 amide bonds. The summed E-state index contributed by atoms with van der Waals surface area (Å²) in [6.07, 6.45) is 3.71. The number of hydrogen-bond donors (Lipinski definition) is 4. The number of rotatable bonds is 7. The van der Waals surface area contributed by atoms with Gasteiger partial charge in [0, 0.05) is 24.2 Å². The Kier molecular flexibility index (Phi) is 5.31. The molecule has 0 aromatic carbocycles. The van der Waals surface area contributed by atoms with Crippen LogP contribution in [0.1, 0.15) is 19.0 Å². The van der Waals surface area contributed by atoms with Gasteiger partial charge < -0.3 is 21.1 Å². The Morgan fingerprint density at radius 1 is 1.61 bits per heavy atom. The van der Waals surface area contributed by atoms with Crippen molar-refractivity contribution in [2.75, 3.05) is 6.54 Å². The smallest absolute Gasteiger partial charge is 0.326 e. The summed E-state index contributed by atoms with van der Waals surface area (Å²) in [5, 5.41) is 11.6. The monoisotopic (exact) mass is 254 g/mol. The number of imidazole rings is 1. The lowest BCUT2D eigenvalue weighted by molar-refractivity contribution is -0.142. The first kappa shape index (κ1) is 14.2. The molecular weight excluding hydrogens is 236 g/mol. The predicted molar refractivity (Wildman–Crippen MR) is 64.7 cm³/mol. The molecule has 0 aliphatic heterocycles. The predicted octanol–water partition coefficient (Wildman–Crippen LogP) is -0.493. The molecular formula is C11H18N4O3. The second-order valence-corrected chi connectivity index (χ2v) is 4.16. The largest absolute Gasteiger partial charge is 0.480 e. The first-order valence-electron chi connectivity index (χ1n) is 5.75. The average molecular weight is 254 g/mol. The van der Waals surface area contributed by atoms with Gasteiger partial charge in [0.25, 0.3) is 0 Å². The maximum Gasteiger partial charge on any atom is 0.326 e. The van der Waals surface area contributed by atoms with Gasteiger partial charge in [0.2, 0.25) is 5.91 Å². The summed E-state index contributed by atoms with van der Waals surface area (Å²) in [6, 6.07) is -0.960. The summed E-state index contributed by atoms with van der Waals surface area (Å²) >= 11 is 0. The summed E-state index contributed by atoms with van der Waals surface area (Å²) in [5.41, 5.74) is 6.02. The van der Waals surface area contributed by atoms with Crippen molar-refractivity contribution in [1.82, 2.24) is 15.3 Å². The molecule has 1 rings (SSSR count). The fourth-order valence-corrected chi connectivity index (χ4v) is 1.51. The Bertz CT molecular complexity index is 391. The number of carboxylic acids is 1. The molecule has 1 heterocycles. The topological polar surface area (TPSA) is 121 Å². The fourth-order valence-electron chi connectivity index (χ4n) is 1.51. The van der Waals surface area contributed by atoms with Crippen molar-refractivity contribution in [3.63, 3.8) is 0 Å². The van der Waals surface area contributed by atoms with Gasteiger partial charge >= 0.3 is 5.97 Å². The highest BCUT2D eigenvalue weighted by molar-refractivity contribution is 5.84. The van der Waals surface area contributed by atoms with Gasteiger partial charge in [-0.25, -0.2) is 9.78 Å². The second-order valence-electron chi connectivity index (χ2n) is 4.16. The Morgan fingerprint density at radius 3 is 2.83 bits per heavy atom. The average Bonchev–Trinajstić information content (AvgIpc) is 2.81. The van der Waals surface area contributed by atoms with Crippen LogP contribution in [0.25, 0.3) is 0 Å². The summed E-state index contributed by atoms with van der Waals surface area (Å²) in [7, 11) is 0. The third-order valence-electron chi connectivity index (χ3n) is 2.64. The third kappa shape index (κ3) is 4.17. The Balaban J connectivity index is 2.58. The van der Waals surface area contributed by atoms with E-state index < -0.39 is 12.0 Å². The number of nitrogens with one attached hydrogen (secondary N) is 2. The molecule has 0 bridgehead atoms. The summed E-state index contributed by atoms with van der Waals surface area (Å²) in [4.78, 5) is 29.4. The highest BCUT2D eigenvalue weighted by atomic mass is 16.4. The molecule has 2 unspecified atom stereocenters. The molecule has 0 saturated carbocycles. The van der Waals surface area contributed by atoms with Crippen molar-refractivity contribution in [3.8, 4) is 0 Å². The van der Waals surface area contributed by atoms with E-state index in [2.05, 4.69) is 15.3 Å². The summed E-state index contributed by atoms with van der Waals surface area (Å²) in [6.45, 7) is 2.12. The van der Waals surface area contributed by atoms with Crippen molar-refractivity contribution in [2.24, 2.45) is 11.7 Å². The quantitative estimate of drug-likeness (QED) is 0.523. The van der Waals surface area contributed by atoms with Gasteiger partial charge in [-0.3, -0.25) is 4.79 Å². The number of aromatic nitrogens is 2. The van der Waals surface area contributed by atoms with Crippen LogP contribution in [0.4, 0.5) is 0 Å². The van der Waals surface area contributed by atoms with Crippen molar-refractivity contribution < 1.29 is 14.7 Å². The van der Waals surface area contributed by atoms with Gasteiger partial charge in [-0.1, -0.05) is 6.92 Å². The first-order chi connectivity index (χ1) is 8.54. The van der Waals surface area contributed by atoms with Gasteiger partial charge in [0.1, 0.15) is 6.04 Å². The van der Waals surface area contributed by atoms with Crippen LogP contribution < -0.4 is 11.1 Å². The molecule has 0 spiro atoms. The molecule has 7 heteroatoms. The van der Waals surface area contributed by atoms with Gasteiger partial charge in [-0.05, 0) is 13.0 Å². The van der Waals surface area contributed by atoms with E-state index in [0.29, 0.717) is 18.7 Å². The Hall–Kier alpha value is -1.89. The van der Waals surface area contributed by atoms with Crippen LogP contribution in [0.15, 0.2) is 12.5 Å². The number of carboxylic acid groups (broad SMARTS) is 1. The number of nitrogens with two attached hydrogens (primary N) is 1. The number of hydrogen-bond acceptors (Lipinski definition) is 4. The lowest BCUT2D eigenvalue weighted by Gasteiger charge is -2.16. The highest BCUT2D eigenvalue weighted by Crippen LogP contribution is 2.04. The minimum atomic E-state index is -1.07. The molecule has 0 aliphatic rings. The zero-order valence-electron chi connectivity index (χ0n) is 10.2. The second kappa shape index (κ2) is 6.75. The first-order valence-corrected chi connectivity index (χ1v) is 5.75. The van der Waals surface area contributed by atoms with Gasteiger partial charge in [-0.15, -0.1) is 0 Å². The third-order valence-corrected chi connectivity index (χ3v) is 2.64. The molecule has 100 valence electrons. The van der Waals surface area contributed by atoms with E-state index in [1.165, 1.54) is 12.5 Å². The fraction of sp³-hybridized carbons (Fsp3) is 0.545. The number of aromatic amines is 1. The molecule has 1 aromatic heterocycles. The van der Waals surface area contributed by atoms with Crippen LogP contribution in [-0.4, -0.2) is 39.5 Å². The minimum Gasteiger partial charge on any atom is -0.480 e. The number of H-pyrrole nitrogens is 1. The lowest BCUT2D eigenvalue weighted by Crippen LogP contribution is -2.44. The molecule has 18 heavy (non-hydrogen) atoms. The van der Waals surface area contributed by atoms with Crippen LogP contribution in [-0.2, 0) is 16.0 Å². The zero-order valence-corrected chi connectivity index (χ0v) is 10.2. The molecule has 0 fully saturated rings. The van der Waals surface area contributed by atoms with Crippen LogP contribution >= 0.6 is 0 Å². The molecule has 2 atom stereocenters. The van der Waals surface area contributed by atoms with Gasteiger partial charge in [0.05, 0.1) is 6.33 Å². The SMILES string of the molecule is CC(CCN)C(=O)NC(Cc1cnc[nH]1)C(=O)O.